The Balaban J connectivity index is 1.45. The van der Waals surface area contributed by atoms with E-state index in [1.807, 2.05) is 0 Å². The summed E-state index contributed by atoms with van der Waals surface area (Å²) in [6.45, 7) is 2.28. The molecule has 0 spiro atoms. The van der Waals surface area contributed by atoms with Gasteiger partial charge in [-0.1, -0.05) is 11.6 Å². The van der Waals surface area contributed by atoms with Crippen LogP contribution in [0.25, 0.3) is 0 Å². The van der Waals surface area contributed by atoms with Crippen molar-refractivity contribution in [3.05, 3.63) is 22.3 Å². The van der Waals surface area contributed by atoms with Crippen molar-refractivity contribution < 1.29 is 47.8 Å². The highest BCUT2D eigenvalue weighted by atomic mass is 32.2. The van der Waals surface area contributed by atoms with E-state index in [0.717, 1.165) is 48.3 Å². The predicted octanol–water partition coefficient (Wildman–Crippen LogP) is 1.67. The van der Waals surface area contributed by atoms with Crippen molar-refractivity contribution in [1.82, 2.24) is 15.2 Å². The average Bonchev–Trinajstić information content (AvgIpc) is 3.38. The van der Waals surface area contributed by atoms with Gasteiger partial charge >= 0.3 is 18.1 Å². The van der Waals surface area contributed by atoms with Gasteiger partial charge in [-0.25, -0.2) is 14.6 Å². The van der Waals surface area contributed by atoms with E-state index in [0.29, 0.717) is 5.57 Å². The summed E-state index contributed by atoms with van der Waals surface area (Å²) >= 11 is 2.34. The molecule has 3 N–H and O–H groups in total. The van der Waals surface area contributed by atoms with Crippen LogP contribution in [0.3, 0.4) is 0 Å². The van der Waals surface area contributed by atoms with Gasteiger partial charge in [0.2, 0.25) is 6.29 Å². The minimum absolute atomic E-state index is 0.162. The summed E-state index contributed by atoms with van der Waals surface area (Å²) in [6.07, 6.45) is 1.89. The number of thiazole rings is 1. The number of carbonyl (C=O) groups excluding carboxylic acids is 5. The highest BCUT2D eigenvalue weighted by Gasteiger charge is 2.55. The molecule has 2 amide bonds. The smallest absolute Gasteiger partial charge is 0.461 e. The maximum Gasteiger partial charge on any atom is 0.511 e. The van der Waals surface area contributed by atoms with Gasteiger partial charge in [0, 0.05) is 30.6 Å². The number of hydrogen-bond acceptors (Lipinski definition) is 15. The average molecular weight is 626 g/mol. The lowest BCUT2D eigenvalue weighted by atomic mass is 9.98. The van der Waals surface area contributed by atoms with Gasteiger partial charge in [0.05, 0.1) is 0 Å². The number of fused-ring (bicyclic) bond motifs is 1. The van der Waals surface area contributed by atoms with Crippen molar-refractivity contribution in [2.45, 2.75) is 69.8 Å². The van der Waals surface area contributed by atoms with Crippen LogP contribution in [0.1, 0.15) is 51.6 Å². The van der Waals surface area contributed by atoms with E-state index in [9.17, 15) is 24.0 Å². The number of β-lactam (4-membered cyclic amide) rings is 1. The molecule has 2 aliphatic heterocycles. The summed E-state index contributed by atoms with van der Waals surface area (Å²) in [5.74, 6) is -2.74. The number of nitrogen functional groups attached to an aromatic ring is 1. The van der Waals surface area contributed by atoms with Crippen molar-refractivity contribution in [2.24, 2.45) is 5.16 Å². The zero-order chi connectivity index (χ0) is 30.4. The lowest BCUT2D eigenvalue weighted by Gasteiger charge is -2.49. The molecular weight excluding hydrogens is 594 g/mol. The van der Waals surface area contributed by atoms with Crippen LogP contribution in [0.5, 0.6) is 0 Å². The quantitative estimate of drug-likeness (QED) is 0.0951. The number of oxime groups is 1. The summed E-state index contributed by atoms with van der Waals surface area (Å²) in [5, 5.41) is 7.36. The molecule has 3 atom stereocenters. The summed E-state index contributed by atoms with van der Waals surface area (Å²) in [5.41, 5.74) is 5.79. The zero-order valence-corrected chi connectivity index (χ0v) is 24.8. The number of anilines is 1. The van der Waals surface area contributed by atoms with E-state index < -0.39 is 47.6 Å². The summed E-state index contributed by atoms with van der Waals surface area (Å²) in [4.78, 5) is 73.2. The Morgan fingerprint density at radius 1 is 1.21 bits per heavy atom. The standard InChI is InChI=1S/C25H31N5O10S2/c1-12(31)37-9-14-10-41-22-18(28-20(32)17(29-36-3)16-11-42-24(26)27-16)21(33)30(22)19(14)23(34)38-13(2)39-25(35)40-15-7-5-4-6-8-15/h11,13,15,18,22H,4-10H2,1-3H3,(H2,26,27)(H,28,32)/b29-17-/t13?,18-,22-/m1/s1. The molecule has 1 saturated carbocycles. The second-order valence-corrected chi connectivity index (χ2v) is 11.5. The second kappa shape index (κ2) is 13.9. The lowest BCUT2D eigenvalue weighted by Crippen LogP contribution is -2.71. The van der Waals surface area contributed by atoms with Crippen LogP contribution >= 0.6 is 23.1 Å². The molecular formula is C25H31N5O10S2. The van der Waals surface area contributed by atoms with Gasteiger partial charge in [-0.2, -0.15) is 0 Å². The highest BCUT2D eigenvalue weighted by molar-refractivity contribution is 8.00. The number of nitrogens with one attached hydrogen (secondary N) is 1. The van der Waals surface area contributed by atoms with E-state index >= 15 is 0 Å². The third-order valence-corrected chi connectivity index (χ3v) is 8.50. The van der Waals surface area contributed by atoms with Crippen molar-refractivity contribution in [1.29, 1.82) is 0 Å². The molecule has 3 heterocycles. The van der Waals surface area contributed by atoms with Gasteiger partial charge in [-0.3, -0.25) is 19.3 Å². The zero-order valence-electron chi connectivity index (χ0n) is 23.2. The van der Waals surface area contributed by atoms with Crippen LogP contribution < -0.4 is 11.1 Å². The minimum atomic E-state index is -1.34. The highest BCUT2D eigenvalue weighted by Crippen LogP contribution is 2.41. The molecule has 1 aromatic heterocycles. The second-order valence-electron chi connectivity index (χ2n) is 9.51. The summed E-state index contributed by atoms with van der Waals surface area (Å²) in [6, 6.07) is -1.03. The molecule has 228 valence electrons. The molecule has 42 heavy (non-hydrogen) atoms. The van der Waals surface area contributed by atoms with Crippen LogP contribution in [-0.2, 0) is 43.0 Å². The predicted molar refractivity (Wildman–Crippen MR) is 149 cm³/mol. The molecule has 1 saturated heterocycles. The maximum absolute atomic E-state index is 13.3. The minimum Gasteiger partial charge on any atom is -0.461 e. The Hall–Kier alpha value is -3.86. The van der Waals surface area contributed by atoms with Crippen molar-refractivity contribution in [3.63, 3.8) is 0 Å². The summed E-state index contributed by atoms with van der Waals surface area (Å²) in [7, 11) is 1.25. The first-order chi connectivity index (χ1) is 20.1. The fourth-order valence-corrected chi connectivity index (χ4v) is 6.46. The van der Waals surface area contributed by atoms with Gasteiger partial charge in [0.1, 0.15) is 42.6 Å². The molecule has 0 radical (unpaired) electrons. The van der Waals surface area contributed by atoms with Crippen LogP contribution in [0.15, 0.2) is 21.8 Å². The van der Waals surface area contributed by atoms with Crippen LogP contribution in [0.4, 0.5) is 9.93 Å². The SMILES string of the molecule is CO/N=C(\C(=O)N[C@@H]1C(=O)N2C(C(=O)OC(C)OC(=O)OC3CCCCC3)=C(COC(C)=O)CS[C@H]12)c1csc(N)n1. The number of amides is 2. The summed E-state index contributed by atoms with van der Waals surface area (Å²) < 4.78 is 20.8. The molecule has 17 heteroatoms. The number of rotatable bonds is 10. The third-order valence-electron chi connectivity index (χ3n) is 6.49. The van der Waals surface area contributed by atoms with E-state index in [1.165, 1.54) is 38.1 Å². The van der Waals surface area contributed by atoms with Crippen LogP contribution in [0, 0.1) is 0 Å². The van der Waals surface area contributed by atoms with Crippen molar-refractivity contribution >= 4 is 63.9 Å². The van der Waals surface area contributed by atoms with E-state index in [-0.39, 0.29) is 40.7 Å². The number of hydrogen-bond donors (Lipinski definition) is 2. The lowest BCUT2D eigenvalue weighted by molar-refractivity contribution is -0.170. The van der Waals surface area contributed by atoms with E-state index in [4.69, 9.17) is 29.5 Å². The Bertz CT molecular complexity index is 1290. The normalized spacial score (nSPS) is 21.5. The number of thioether (sulfide) groups is 1. The van der Waals surface area contributed by atoms with Gasteiger partial charge < -0.3 is 34.8 Å². The van der Waals surface area contributed by atoms with Gasteiger partial charge in [0.15, 0.2) is 10.8 Å². The maximum atomic E-state index is 13.3. The molecule has 1 unspecified atom stereocenters. The first kappa shape index (κ1) is 31.1. The van der Waals surface area contributed by atoms with Gasteiger partial charge in [-0.05, 0) is 25.7 Å². The molecule has 0 aromatic carbocycles. The fourth-order valence-electron chi connectivity index (χ4n) is 4.59. The molecule has 1 aliphatic carbocycles. The van der Waals surface area contributed by atoms with Gasteiger partial charge in [0.25, 0.3) is 11.8 Å². The Morgan fingerprint density at radius 2 is 1.95 bits per heavy atom. The number of esters is 2. The molecule has 0 bridgehead atoms. The number of carbonyl (C=O) groups is 5. The first-order valence-corrected chi connectivity index (χ1v) is 15.0. The molecule has 3 aliphatic rings. The molecule has 1 aromatic rings. The Kier molecular flexibility index (Phi) is 10.3. The van der Waals surface area contributed by atoms with Crippen LogP contribution in [0.2, 0.25) is 0 Å². The van der Waals surface area contributed by atoms with Crippen LogP contribution in [-0.4, -0.2) is 88.8 Å². The monoisotopic (exact) mass is 625 g/mol. The molecule has 2 fully saturated rings. The Morgan fingerprint density at radius 3 is 2.60 bits per heavy atom. The Labute approximate surface area is 249 Å². The number of ether oxygens (including phenoxy) is 4. The molecule has 15 nitrogen and oxygen atoms in total. The number of aromatic nitrogens is 1. The topological polar surface area (TPSA) is 198 Å². The first-order valence-electron chi connectivity index (χ1n) is 13.1. The third kappa shape index (κ3) is 7.31. The number of nitrogens with two attached hydrogens (primary N) is 1. The van der Waals surface area contributed by atoms with Gasteiger partial charge in [-0.15, -0.1) is 23.1 Å². The largest absolute Gasteiger partial charge is 0.511 e. The van der Waals surface area contributed by atoms with Crippen molar-refractivity contribution in [2.75, 3.05) is 25.2 Å². The fraction of sp³-hybridized carbons (Fsp3) is 0.560. The molecule has 4 rings (SSSR count). The van der Waals surface area contributed by atoms with E-state index in [1.54, 1.807) is 0 Å². The number of nitrogens with zero attached hydrogens (tertiary/aromatic N) is 3. The van der Waals surface area contributed by atoms with Crippen molar-refractivity contribution in [3.8, 4) is 0 Å². The van der Waals surface area contributed by atoms with E-state index in [2.05, 4.69) is 15.5 Å².